The lowest BCUT2D eigenvalue weighted by Gasteiger charge is -2.12. The maximum Gasteiger partial charge on any atom is 0.305 e. The van der Waals surface area contributed by atoms with Crippen molar-refractivity contribution < 1.29 is 14.3 Å². The summed E-state index contributed by atoms with van der Waals surface area (Å²) in [7, 11) is 0. The van der Waals surface area contributed by atoms with E-state index in [2.05, 4.69) is 0 Å². The van der Waals surface area contributed by atoms with Crippen molar-refractivity contribution in [2.24, 2.45) is 5.73 Å². The summed E-state index contributed by atoms with van der Waals surface area (Å²) < 4.78 is 13.4. The molecule has 1 rings (SSSR count). The Morgan fingerprint density at radius 3 is 2.80 bits per heavy atom. The van der Waals surface area contributed by atoms with Crippen LogP contribution in [-0.4, -0.2) is 11.1 Å². The van der Waals surface area contributed by atoms with Crippen molar-refractivity contribution in [1.82, 2.24) is 0 Å². The van der Waals surface area contributed by atoms with Gasteiger partial charge >= 0.3 is 5.97 Å². The summed E-state index contributed by atoms with van der Waals surface area (Å²) in [6.07, 6.45) is -0.276. The van der Waals surface area contributed by atoms with E-state index in [0.29, 0.717) is 11.1 Å². The number of carboxylic acid groups (broad SMARTS) is 1. The zero-order chi connectivity index (χ0) is 11.6. The van der Waals surface area contributed by atoms with E-state index in [1.54, 1.807) is 13.0 Å². The topological polar surface area (TPSA) is 63.3 Å². The second-order valence-corrected chi connectivity index (χ2v) is 3.68. The highest BCUT2D eigenvalue weighted by Crippen LogP contribution is 2.28. The van der Waals surface area contributed by atoms with Crippen LogP contribution < -0.4 is 5.73 Å². The van der Waals surface area contributed by atoms with Gasteiger partial charge in [0.05, 0.1) is 11.4 Å². The molecule has 0 bridgehead atoms. The fourth-order valence-corrected chi connectivity index (χ4v) is 1.60. The van der Waals surface area contributed by atoms with Crippen molar-refractivity contribution in [1.29, 1.82) is 0 Å². The Bertz CT molecular complexity index is 395. The molecule has 0 saturated carbocycles. The Labute approximate surface area is 91.7 Å². The average molecular weight is 232 g/mol. The summed E-state index contributed by atoms with van der Waals surface area (Å²) >= 11 is 5.73. The molecule has 0 spiro atoms. The molecule has 0 aromatic heterocycles. The Morgan fingerprint density at radius 2 is 2.27 bits per heavy atom. The van der Waals surface area contributed by atoms with Crippen molar-refractivity contribution in [3.63, 3.8) is 0 Å². The molecule has 82 valence electrons. The van der Waals surface area contributed by atoms with Crippen LogP contribution in [0.2, 0.25) is 5.02 Å². The first-order valence-corrected chi connectivity index (χ1v) is 4.73. The molecule has 0 aliphatic rings. The summed E-state index contributed by atoms with van der Waals surface area (Å²) in [5.74, 6) is -1.59. The van der Waals surface area contributed by atoms with Gasteiger partial charge in [0.15, 0.2) is 0 Å². The second kappa shape index (κ2) is 4.59. The van der Waals surface area contributed by atoms with Gasteiger partial charge in [-0.2, -0.15) is 0 Å². The smallest absolute Gasteiger partial charge is 0.305 e. The van der Waals surface area contributed by atoms with Crippen LogP contribution >= 0.6 is 11.6 Å². The molecular weight excluding hydrogens is 221 g/mol. The quantitative estimate of drug-likeness (QED) is 0.839. The molecule has 0 heterocycles. The first kappa shape index (κ1) is 11.9. The highest BCUT2D eigenvalue weighted by atomic mass is 35.5. The summed E-state index contributed by atoms with van der Waals surface area (Å²) in [5.41, 5.74) is 6.31. The van der Waals surface area contributed by atoms with Gasteiger partial charge in [0.1, 0.15) is 5.82 Å². The lowest BCUT2D eigenvalue weighted by atomic mass is 10.0. The molecule has 1 aromatic carbocycles. The summed E-state index contributed by atoms with van der Waals surface area (Å²) in [4.78, 5) is 10.4. The third-order valence-corrected chi connectivity index (χ3v) is 2.48. The molecule has 0 amide bonds. The van der Waals surface area contributed by atoms with Crippen LogP contribution in [0.25, 0.3) is 0 Å². The molecule has 0 aliphatic heterocycles. The molecule has 0 radical (unpaired) electrons. The van der Waals surface area contributed by atoms with E-state index in [1.165, 1.54) is 6.07 Å². The second-order valence-electron chi connectivity index (χ2n) is 3.30. The first-order chi connectivity index (χ1) is 6.93. The number of halogens is 2. The molecule has 0 fully saturated rings. The van der Waals surface area contributed by atoms with Crippen LogP contribution in [0.1, 0.15) is 23.6 Å². The van der Waals surface area contributed by atoms with Crippen molar-refractivity contribution in [2.45, 2.75) is 19.4 Å². The Hall–Kier alpha value is -1.13. The van der Waals surface area contributed by atoms with Gasteiger partial charge in [-0.15, -0.1) is 0 Å². The Morgan fingerprint density at radius 1 is 1.67 bits per heavy atom. The largest absolute Gasteiger partial charge is 0.481 e. The predicted octanol–water partition coefficient (Wildman–Crippen LogP) is 2.26. The molecule has 0 saturated heterocycles. The normalized spacial score (nSPS) is 12.5. The highest BCUT2D eigenvalue weighted by molar-refractivity contribution is 6.31. The number of carbonyl (C=O) groups is 1. The summed E-state index contributed by atoms with van der Waals surface area (Å²) in [6, 6.07) is 2.29. The number of benzene rings is 1. The minimum atomic E-state index is -1.04. The van der Waals surface area contributed by atoms with Crippen molar-refractivity contribution in [3.8, 4) is 0 Å². The fraction of sp³-hybridized carbons (Fsp3) is 0.300. The van der Waals surface area contributed by atoms with Crippen molar-refractivity contribution >= 4 is 17.6 Å². The average Bonchev–Trinajstić information content (AvgIpc) is 2.13. The van der Waals surface area contributed by atoms with Gasteiger partial charge in [-0.25, -0.2) is 4.39 Å². The lowest BCUT2D eigenvalue weighted by molar-refractivity contribution is -0.137. The Balaban J connectivity index is 3.05. The number of aryl methyl sites for hydroxylation is 1. The van der Waals surface area contributed by atoms with Gasteiger partial charge in [-0.05, 0) is 18.1 Å². The zero-order valence-corrected chi connectivity index (χ0v) is 8.88. The van der Waals surface area contributed by atoms with E-state index in [0.717, 1.165) is 0 Å². The molecule has 1 aromatic rings. The Kier molecular flexibility index (Phi) is 3.66. The fourth-order valence-electron chi connectivity index (χ4n) is 1.25. The standard InChI is InChI=1S/C10H11ClFNO2/c1-5-2-3-6(9(11)10(5)12)7(13)4-8(14)15/h2-3,7H,4,13H2,1H3,(H,14,15). The van der Waals surface area contributed by atoms with Crippen LogP contribution in [0.5, 0.6) is 0 Å². The lowest BCUT2D eigenvalue weighted by Crippen LogP contribution is -2.16. The number of hydrogen-bond acceptors (Lipinski definition) is 2. The minimum absolute atomic E-state index is 0.0937. The molecule has 3 nitrogen and oxygen atoms in total. The number of carboxylic acids is 1. The van der Waals surface area contributed by atoms with Gasteiger partial charge in [-0.3, -0.25) is 4.79 Å². The first-order valence-electron chi connectivity index (χ1n) is 4.35. The number of nitrogens with two attached hydrogens (primary N) is 1. The van der Waals surface area contributed by atoms with Gasteiger partial charge in [0.25, 0.3) is 0 Å². The van der Waals surface area contributed by atoms with Crippen molar-refractivity contribution in [2.75, 3.05) is 0 Å². The third-order valence-electron chi connectivity index (χ3n) is 2.10. The van der Waals surface area contributed by atoms with E-state index in [9.17, 15) is 9.18 Å². The van der Waals surface area contributed by atoms with E-state index in [1.807, 2.05) is 0 Å². The molecule has 1 unspecified atom stereocenters. The SMILES string of the molecule is Cc1ccc(C(N)CC(=O)O)c(Cl)c1F. The third kappa shape index (κ3) is 2.67. The van der Waals surface area contributed by atoms with Crippen LogP contribution in [0.3, 0.4) is 0 Å². The van der Waals surface area contributed by atoms with Crippen LogP contribution in [0.15, 0.2) is 12.1 Å². The zero-order valence-electron chi connectivity index (χ0n) is 8.13. The van der Waals surface area contributed by atoms with E-state index >= 15 is 0 Å². The number of hydrogen-bond donors (Lipinski definition) is 2. The molecule has 1 atom stereocenters. The number of rotatable bonds is 3. The van der Waals surface area contributed by atoms with Gasteiger partial charge in [0, 0.05) is 6.04 Å². The molecular formula is C10H11ClFNO2. The summed E-state index contributed by atoms with van der Waals surface area (Å²) in [6.45, 7) is 1.58. The minimum Gasteiger partial charge on any atom is -0.481 e. The number of aliphatic carboxylic acids is 1. The predicted molar refractivity (Wildman–Crippen MR) is 55.3 cm³/mol. The van der Waals surface area contributed by atoms with Crippen molar-refractivity contribution in [3.05, 3.63) is 34.1 Å². The molecule has 0 aliphatic carbocycles. The summed E-state index contributed by atoms with van der Waals surface area (Å²) in [5, 5.41) is 8.45. The molecule has 5 heteroatoms. The highest BCUT2D eigenvalue weighted by Gasteiger charge is 2.17. The maximum absolute atomic E-state index is 13.4. The monoisotopic (exact) mass is 231 g/mol. The van der Waals surface area contributed by atoms with Gasteiger partial charge in [-0.1, -0.05) is 23.7 Å². The maximum atomic E-state index is 13.4. The van der Waals surface area contributed by atoms with E-state index < -0.39 is 17.8 Å². The molecule has 3 N–H and O–H groups in total. The van der Waals surface area contributed by atoms with Gasteiger partial charge in [0.2, 0.25) is 0 Å². The van der Waals surface area contributed by atoms with E-state index in [-0.39, 0.29) is 11.4 Å². The van der Waals surface area contributed by atoms with E-state index in [4.69, 9.17) is 22.4 Å². The van der Waals surface area contributed by atoms with Gasteiger partial charge < -0.3 is 10.8 Å². The van der Waals surface area contributed by atoms with Crippen LogP contribution in [0, 0.1) is 12.7 Å². The molecule has 15 heavy (non-hydrogen) atoms. The van der Waals surface area contributed by atoms with Crippen LogP contribution in [-0.2, 0) is 4.79 Å². The van der Waals surface area contributed by atoms with Crippen LogP contribution in [0.4, 0.5) is 4.39 Å².